The fourth-order valence-corrected chi connectivity index (χ4v) is 1.06. The summed E-state index contributed by atoms with van der Waals surface area (Å²) in [5, 5.41) is 7.87. The molecule has 0 aliphatic heterocycles. The number of rotatable bonds is 3. The number of carboxylic acids is 1. The number of carboxylic acid groups (broad SMARTS) is 1. The molecule has 9 heteroatoms. The van der Waals surface area contributed by atoms with Crippen LogP contribution in [0.1, 0.15) is 10.4 Å². The fourth-order valence-electron chi connectivity index (χ4n) is 0.852. The molecule has 0 saturated carbocycles. The lowest BCUT2D eigenvalue weighted by Gasteiger charge is -2.09. The summed E-state index contributed by atoms with van der Waals surface area (Å²) in [5.74, 6) is -3.89. The van der Waals surface area contributed by atoms with Crippen LogP contribution < -0.4 is 4.74 Å². The van der Waals surface area contributed by atoms with Crippen molar-refractivity contribution in [1.29, 1.82) is 0 Å². The molecule has 0 fully saturated rings. The average Bonchev–Trinajstić information content (AvgIpc) is 2.17. The van der Waals surface area contributed by atoms with Crippen LogP contribution in [0.2, 0.25) is 5.15 Å². The Labute approximate surface area is 96.8 Å². The number of hydrogen-bond donors (Lipinski definition) is 1. The maximum atomic E-state index is 13.1. The lowest BCUT2D eigenvalue weighted by atomic mass is 10.3. The van der Waals surface area contributed by atoms with Gasteiger partial charge in [-0.15, -0.1) is 0 Å². The number of aromatic carboxylic acids is 1. The first kappa shape index (κ1) is 13.5. The second kappa shape index (κ2) is 4.74. The Hall–Kier alpha value is -1.57. The molecule has 0 radical (unpaired) electrons. The van der Waals surface area contributed by atoms with Crippen LogP contribution in [0.3, 0.4) is 0 Å². The van der Waals surface area contributed by atoms with Crippen molar-refractivity contribution < 1.29 is 32.2 Å². The first-order chi connectivity index (χ1) is 7.70. The van der Waals surface area contributed by atoms with Crippen molar-refractivity contribution in [2.45, 2.75) is 6.18 Å². The second-order valence-corrected chi connectivity index (χ2v) is 3.18. The number of alkyl halides is 3. The van der Waals surface area contributed by atoms with Crippen LogP contribution >= 0.6 is 11.6 Å². The van der Waals surface area contributed by atoms with Crippen molar-refractivity contribution in [2.75, 3.05) is 6.61 Å². The zero-order valence-electron chi connectivity index (χ0n) is 7.89. The third-order valence-corrected chi connectivity index (χ3v) is 1.79. The second-order valence-electron chi connectivity index (χ2n) is 2.82. The van der Waals surface area contributed by atoms with E-state index in [4.69, 9.17) is 16.7 Å². The Morgan fingerprint density at radius 1 is 1.53 bits per heavy atom. The zero-order valence-corrected chi connectivity index (χ0v) is 8.64. The third kappa shape index (κ3) is 3.74. The topological polar surface area (TPSA) is 59.4 Å². The summed E-state index contributed by atoms with van der Waals surface area (Å²) in [6.07, 6.45) is -4.66. The van der Waals surface area contributed by atoms with Crippen molar-refractivity contribution in [3.8, 4) is 5.88 Å². The van der Waals surface area contributed by atoms with Crippen LogP contribution in [-0.4, -0.2) is 28.8 Å². The Morgan fingerprint density at radius 3 is 2.59 bits per heavy atom. The molecule has 17 heavy (non-hydrogen) atoms. The van der Waals surface area contributed by atoms with E-state index in [9.17, 15) is 22.4 Å². The average molecular weight is 274 g/mol. The quantitative estimate of drug-likeness (QED) is 0.679. The van der Waals surface area contributed by atoms with Gasteiger partial charge in [-0.2, -0.15) is 18.2 Å². The van der Waals surface area contributed by atoms with Crippen LogP contribution in [0.5, 0.6) is 5.88 Å². The van der Waals surface area contributed by atoms with Gasteiger partial charge in [0.25, 0.3) is 5.88 Å². The molecular formula is C8H4ClF4NO3. The van der Waals surface area contributed by atoms with E-state index in [0.29, 0.717) is 6.07 Å². The normalized spacial score (nSPS) is 11.4. The number of halogens is 5. The summed E-state index contributed by atoms with van der Waals surface area (Å²) < 4.78 is 52.5. The molecule has 1 rings (SSSR count). The number of ether oxygens (including phenoxy) is 1. The van der Waals surface area contributed by atoms with Gasteiger partial charge in [0, 0.05) is 0 Å². The van der Waals surface area contributed by atoms with E-state index in [1.165, 1.54) is 0 Å². The predicted octanol–water partition coefficient (Wildman–Crippen LogP) is 2.51. The summed E-state index contributed by atoms with van der Waals surface area (Å²) in [6, 6.07) is 0.434. The highest BCUT2D eigenvalue weighted by Crippen LogP contribution is 2.24. The highest BCUT2D eigenvalue weighted by atomic mass is 35.5. The molecule has 94 valence electrons. The van der Waals surface area contributed by atoms with E-state index in [1.807, 2.05) is 0 Å². The molecule has 0 spiro atoms. The summed E-state index contributed by atoms with van der Waals surface area (Å²) in [5.41, 5.74) is -0.663. The fraction of sp³-hybridized carbons (Fsp3) is 0.250. The van der Waals surface area contributed by atoms with E-state index >= 15 is 0 Å². The van der Waals surface area contributed by atoms with Crippen molar-refractivity contribution in [3.05, 3.63) is 22.6 Å². The lowest BCUT2D eigenvalue weighted by molar-refractivity contribution is -0.154. The molecule has 0 aliphatic carbocycles. The molecule has 1 aromatic heterocycles. The monoisotopic (exact) mass is 273 g/mol. The standard InChI is InChI=1S/C8H4ClF4NO3/c9-5-3(7(15)16)1-4(10)6(14-5)17-2-8(11,12)13/h1H,2H2,(H,15,16). The van der Waals surface area contributed by atoms with E-state index in [1.54, 1.807) is 0 Å². The van der Waals surface area contributed by atoms with Gasteiger partial charge in [-0.05, 0) is 6.07 Å². The smallest absolute Gasteiger partial charge is 0.422 e. The van der Waals surface area contributed by atoms with Crippen LogP contribution in [0.4, 0.5) is 17.6 Å². The van der Waals surface area contributed by atoms with E-state index < -0.39 is 41.2 Å². The molecule has 0 atom stereocenters. The number of nitrogens with zero attached hydrogens (tertiary/aromatic N) is 1. The Kier molecular flexibility index (Phi) is 3.76. The molecular weight excluding hydrogens is 270 g/mol. The molecule has 4 nitrogen and oxygen atoms in total. The van der Waals surface area contributed by atoms with E-state index in [2.05, 4.69) is 9.72 Å². The number of carbonyl (C=O) groups is 1. The molecule has 0 bridgehead atoms. The van der Waals surface area contributed by atoms with Crippen LogP contribution in [0, 0.1) is 5.82 Å². The molecule has 0 aromatic carbocycles. The van der Waals surface area contributed by atoms with Gasteiger partial charge in [0.05, 0.1) is 5.56 Å². The van der Waals surface area contributed by atoms with Gasteiger partial charge in [-0.1, -0.05) is 11.6 Å². The highest BCUT2D eigenvalue weighted by molar-refractivity contribution is 6.32. The zero-order chi connectivity index (χ0) is 13.2. The van der Waals surface area contributed by atoms with Crippen molar-refractivity contribution in [1.82, 2.24) is 4.98 Å². The van der Waals surface area contributed by atoms with Gasteiger partial charge in [0.1, 0.15) is 5.15 Å². The third-order valence-electron chi connectivity index (χ3n) is 1.50. The maximum absolute atomic E-state index is 13.1. The maximum Gasteiger partial charge on any atom is 0.422 e. The minimum Gasteiger partial charge on any atom is -0.478 e. The minimum atomic E-state index is -4.66. The van der Waals surface area contributed by atoms with Crippen LogP contribution in [0.15, 0.2) is 6.07 Å². The van der Waals surface area contributed by atoms with E-state index in [0.717, 1.165) is 0 Å². The predicted molar refractivity (Wildman–Crippen MR) is 47.7 cm³/mol. The molecule has 0 saturated heterocycles. The van der Waals surface area contributed by atoms with Gasteiger partial charge in [0.2, 0.25) is 0 Å². The highest BCUT2D eigenvalue weighted by Gasteiger charge is 2.29. The van der Waals surface area contributed by atoms with Gasteiger partial charge in [0.15, 0.2) is 12.4 Å². The minimum absolute atomic E-state index is 0.434. The van der Waals surface area contributed by atoms with Crippen LogP contribution in [0.25, 0.3) is 0 Å². The van der Waals surface area contributed by atoms with Crippen molar-refractivity contribution >= 4 is 17.6 Å². The van der Waals surface area contributed by atoms with Gasteiger partial charge >= 0.3 is 12.1 Å². The van der Waals surface area contributed by atoms with Crippen LogP contribution in [-0.2, 0) is 0 Å². The molecule has 1 heterocycles. The van der Waals surface area contributed by atoms with E-state index in [-0.39, 0.29) is 0 Å². The van der Waals surface area contributed by atoms with Gasteiger partial charge < -0.3 is 9.84 Å². The number of aromatic nitrogens is 1. The Balaban J connectivity index is 2.96. The first-order valence-electron chi connectivity index (χ1n) is 3.99. The van der Waals surface area contributed by atoms with Crippen molar-refractivity contribution in [3.63, 3.8) is 0 Å². The Bertz CT molecular complexity index is 449. The molecule has 0 unspecified atom stereocenters. The van der Waals surface area contributed by atoms with Gasteiger partial charge in [-0.25, -0.2) is 9.18 Å². The number of hydrogen-bond acceptors (Lipinski definition) is 3. The summed E-state index contributed by atoms with van der Waals surface area (Å²) in [6.45, 7) is -1.75. The molecule has 1 aromatic rings. The molecule has 0 aliphatic rings. The van der Waals surface area contributed by atoms with Gasteiger partial charge in [-0.3, -0.25) is 0 Å². The number of pyridine rings is 1. The SMILES string of the molecule is O=C(O)c1cc(F)c(OCC(F)(F)F)nc1Cl. The van der Waals surface area contributed by atoms with Crippen molar-refractivity contribution in [2.24, 2.45) is 0 Å². The first-order valence-corrected chi connectivity index (χ1v) is 4.37. The summed E-state index contributed by atoms with van der Waals surface area (Å²) in [7, 11) is 0. The largest absolute Gasteiger partial charge is 0.478 e. The summed E-state index contributed by atoms with van der Waals surface area (Å²) >= 11 is 5.33. The molecule has 1 N–H and O–H groups in total. The lowest BCUT2D eigenvalue weighted by Crippen LogP contribution is -2.20. The Morgan fingerprint density at radius 2 is 2.12 bits per heavy atom. The molecule has 0 amide bonds. The summed E-state index contributed by atoms with van der Waals surface area (Å²) in [4.78, 5) is 13.6.